The first-order valence-corrected chi connectivity index (χ1v) is 9.98. The number of rotatable bonds is 12. The summed E-state index contributed by atoms with van der Waals surface area (Å²) in [6, 6.07) is 0. The highest BCUT2D eigenvalue weighted by atomic mass is 32.2. The van der Waals surface area contributed by atoms with Crippen molar-refractivity contribution in [2.24, 2.45) is 0 Å². The minimum absolute atomic E-state index is 0.728. The number of carbonyl (C=O) groups is 3. The summed E-state index contributed by atoms with van der Waals surface area (Å²) in [4.78, 5) is 34.5. The first-order chi connectivity index (χ1) is 15.3. The number of amides is 1. The van der Waals surface area contributed by atoms with Crippen LogP contribution in [0.5, 0.6) is 0 Å². The number of alkyl halides is 10. The molecule has 35 heavy (non-hydrogen) atoms. The maximum absolute atomic E-state index is 13.6. The highest BCUT2D eigenvalue weighted by Crippen LogP contribution is 2.42. The van der Waals surface area contributed by atoms with Crippen LogP contribution in [-0.4, -0.2) is 73.1 Å². The van der Waals surface area contributed by atoms with E-state index in [-0.39, 0.29) is 0 Å². The molecule has 0 aliphatic rings. The van der Waals surface area contributed by atoms with E-state index in [1.165, 1.54) is 5.32 Å². The van der Waals surface area contributed by atoms with E-state index >= 15 is 0 Å². The first-order valence-electron chi connectivity index (χ1n) is 8.54. The molecule has 1 amide bonds. The summed E-state index contributed by atoms with van der Waals surface area (Å²) in [5, 5.41) is -4.90. The lowest BCUT2D eigenvalue weighted by Gasteiger charge is -2.33. The predicted molar refractivity (Wildman–Crippen MR) is 90.4 cm³/mol. The molecule has 2 N–H and O–H groups in total. The van der Waals surface area contributed by atoms with Crippen LogP contribution < -0.4 is 5.32 Å². The van der Waals surface area contributed by atoms with Crippen molar-refractivity contribution in [3.8, 4) is 0 Å². The fourth-order valence-electron chi connectivity index (χ4n) is 1.88. The van der Waals surface area contributed by atoms with Crippen LogP contribution in [0.2, 0.25) is 0 Å². The second-order valence-electron chi connectivity index (χ2n) is 6.51. The largest absolute Gasteiger partial charge is 0.466 e. The Hall–Kier alpha value is -2.48. The van der Waals surface area contributed by atoms with E-state index < -0.39 is 88.7 Å². The van der Waals surface area contributed by atoms with Gasteiger partial charge >= 0.3 is 51.3 Å². The van der Waals surface area contributed by atoms with Crippen molar-refractivity contribution in [3.05, 3.63) is 12.2 Å². The number of carbonyl (C=O) groups excluding carboxylic acids is 3. The molecule has 0 aromatic rings. The number of ether oxygens (including phenoxy) is 2. The fraction of sp³-hybridized carbons (Fsp3) is 0.667. The van der Waals surface area contributed by atoms with Gasteiger partial charge in [-0.1, -0.05) is 6.58 Å². The third-order valence-corrected chi connectivity index (χ3v) is 4.63. The van der Waals surface area contributed by atoms with Gasteiger partial charge in [-0.15, -0.1) is 0 Å². The lowest BCUT2D eigenvalue weighted by Crippen LogP contribution is -2.62. The van der Waals surface area contributed by atoms with Gasteiger partial charge in [0.05, 0.1) is 13.2 Å². The number of esters is 1. The van der Waals surface area contributed by atoms with E-state index in [2.05, 4.69) is 16.1 Å². The minimum atomic E-state index is -6.70. The minimum Gasteiger partial charge on any atom is -0.412 e. The molecule has 1 unspecified atom stereocenters. The van der Waals surface area contributed by atoms with Crippen LogP contribution in [0.25, 0.3) is 0 Å². The summed E-state index contributed by atoms with van der Waals surface area (Å²) in [7, 11) is -6.70. The number of hydrogen-bond acceptors (Lipinski definition) is 7. The molecule has 0 saturated heterocycles. The Kier molecular flexibility index (Phi) is 9.89. The molecule has 0 radical (unpaired) electrons. The zero-order chi connectivity index (χ0) is 28.3. The Morgan fingerprint density at radius 2 is 1.46 bits per heavy atom. The smallest absolute Gasteiger partial charge is 0.412 e. The van der Waals surface area contributed by atoms with Gasteiger partial charge in [0.1, 0.15) is 11.4 Å². The Morgan fingerprint density at radius 1 is 0.971 bits per heavy atom. The molecule has 0 aliphatic carbocycles. The Morgan fingerprint density at radius 3 is 1.83 bits per heavy atom. The van der Waals surface area contributed by atoms with Crippen molar-refractivity contribution in [3.63, 3.8) is 0 Å². The van der Waals surface area contributed by atoms with E-state index in [1.807, 2.05) is 0 Å². The third kappa shape index (κ3) is 7.75. The molecule has 9 nitrogen and oxygen atoms in total. The first kappa shape index (κ1) is 32.5. The zero-order valence-corrected chi connectivity index (χ0v) is 17.8. The molecule has 0 aromatic carbocycles. The molecule has 1 atom stereocenters. The quantitative estimate of drug-likeness (QED) is 0.0931. The zero-order valence-electron chi connectivity index (χ0n) is 17.0. The van der Waals surface area contributed by atoms with Gasteiger partial charge in [0.2, 0.25) is 0 Å². The number of ketones is 1. The van der Waals surface area contributed by atoms with Crippen LogP contribution in [0.15, 0.2) is 12.2 Å². The van der Waals surface area contributed by atoms with Crippen LogP contribution in [0.4, 0.5) is 43.9 Å². The molecular formula is C15H15F10NO8S. The normalized spacial score (nSPS) is 15.2. The van der Waals surface area contributed by atoms with Gasteiger partial charge in [0, 0.05) is 6.42 Å². The monoisotopic (exact) mass is 559 g/mol. The second-order valence-corrected chi connectivity index (χ2v) is 7.98. The SMILES string of the molecule is C=C(C(=O)OC(OCCCC(F)(F)C(F)(F)S(=O)(=O)O)(C(=O)NCC(C)=O)C(F)(F)F)C(F)(F)F. The Bertz CT molecular complexity index is 944. The lowest BCUT2D eigenvalue weighted by molar-refractivity contribution is -0.348. The maximum atomic E-state index is 13.6. The number of nitrogens with one attached hydrogen (secondary N) is 1. The molecule has 0 rings (SSSR count). The van der Waals surface area contributed by atoms with Crippen LogP contribution in [-0.2, 0) is 34.0 Å². The van der Waals surface area contributed by atoms with E-state index in [0.29, 0.717) is 0 Å². The van der Waals surface area contributed by atoms with Gasteiger partial charge < -0.3 is 14.8 Å². The number of Topliss-reactive ketones (excluding diaryl/α,β-unsaturated/α-hetero) is 1. The molecular weight excluding hydrogens is 544 g/mol. The van der Waals surface area contributed by atoms with Gasteiger partial charge in [0.15, 0.2) is 0 Å². The summed E-state index contributed by atoms with van der Waals surface area (Å²) < 4.78 is 168. The van der Waals surface area contributed by atoms with Crippen molar-refractivity contribution in [2.45, 2.75) is 49.1 Å². The number of halogens is 10. The van der Waals surface area contributed by atoms with Crippen molar-refractivity contribution in [2.75, 3.05) is 13.2 Å². The van der Waals surface area contributed by atoms with Crippen molar-refractivity contribution < 1.29 is 80.7 Å². The third-order valence-electron chi connectivity index (χ3n) is 3.69. The Balaban J connectivity index is 6.05. The molecule has 0 fully saturated rings. The fourth-order valence-corrected chi connectivity index (χ4v) is 2.36. The topological polar surface area (TPSA) is 136 Å². The summed E-state index contributed by atoms with van der Waals surface area (Å²) in [6.45, 7) is -0.230. The molecule has 0 aromatic heterocycles. The highest BCUT2D eigenvalue weighted by molar-refractivity contribution is 7.87. The van der Waals surface area contributed by atoms with Crippen LogP contribution in [0.1, 0.15) is 19.8 Å². The van der Waals surface area contributed by atoms with E-state index in [9.17, 15) is 66.7 Å². The summed E-state index contributed by atoms with van der Waals surface area (Å²) in [5.74, 6) is -17.2. The van der Waals surface area contributed by atoms with Crippen LogP contribution in [0.3, 0.4) is 0 Å². The average Bonchev–Trinajstić information content (AvgIpc) is 2.64. The van der Waals surface area contributed by atoms with Crippen molar-refractivity contribution in [1.82, 2.24) is 5.32 Å². The summed E-state index contributed by atoms with van der Waals surface area (Å²) >= 11 is 0. The van der Waals surface area contributed by atoms with Crippen LogP contribution in [0, 0.1) is 0 Å². The molecule has 0 heterocycles. The Labute approximate surface area is 189 Å². The van der Waals surface area contributed by atoms with Crippen molar-refractivity contribution >= 4 is 27.8 Å². The summed E-state index contributed by atoms with van der Waals surface area (Å²) in [5.41, 5.74) is -2.58. The predicted octanol–water partition coefficient (Wildman–Crippen LogP) is 2.52. The standard InChI is InChI=1S/C15H15F10NO8S/c1-7(27)6-26-10(29)12(14(21,22)23,34-9(28)8(2)13(18,19)20)33-5-3-4-11(16,17)15(24,25)35(30,31)32/h2-6H2,1H3,(H,26,29)(H,30,31,32). The van der Waals surface area contributed by atoms with Crippen molar-refractivity contribution in [1.29, 1.82) is 0 Å². The van der Waals surface area contributed by atoms with E-state index in [0.717, 1.165) is 6.92 Å². The second kappa shape index (κ2) is 10.6. The van der Waals surface area contributed by atoms with Crippen LogP contribution >= 0.6 is 0 Å². The van der Waals surface area contributed by atoms with Gasteiger partial charge in [-0.25, -0.2) is 4.79 Å². The summed E-state index contributed by atoms with van der Waals surface area (Å²) in [6.07, 6.45) is -15.9. The molecule has 0 spiro atoms. The maximum Gasteiger partial charge on any atom is 0.466 e. The van der Waals surface area contributed by atoms with E-state index in [1.54, 1.807) is 0 Å². The van der Waals surface area contributed by atoms with Gasteiger partial charge in [-0.2, -0.15) is 52.3 Å². The van der Waals surface area contributed by atoms with Gasteiger partial charge in [-0.3, -0.25) is 14.1 Å². The van der Waals surface area contributed by atoms with E-state index in [4.69, 9.17) is 4.55 Å². The molecule has 204 valence electrons. The van der Waals surface area contributed by atoms with Gasteiger partial charge in [0.25, 0.3) is 0 Å². The average molecular weight is 559 g/mol. The highest BCUT2D eigenvalue weighted by Gasteiger charge is 2.68. The molecule has 20 heteroatoms. The number of hydrogen-bond donors (Lipinski definition) is 2. The lowest BCUT2D eigenvalue weighted by atomic mass is 10.2. The van der Waals surface area contributed by atoms with Gasteiger partial charge in [-0.05, 0) is 13.3 Å². The molecule has 0 bridgehead atoms. The molecule has 0 aliphatic heterocycles. The molecule has 0 saturated carbocycles.